The molecule has 0 bridgehead atoms. The Bertz CT molecular complexity index is 887. The molecule has 2 heterocycles. The van der Waals surface area contributed by atoms with E-state index in [1.165, 1.54) is 0 Å². The molecule has 2 aromatic carbocycles. The van der Waals surface area contributed by atoms with E-state index in [9.17, 15) is 10.5 Å². The van der Waals surface area contributed by atoms with Crippen LogP contribution in [0.25, 0.3) is 0 Å². The van der Waals surface area contributed by atoms with Gasteiger partial charge in [-0.3, -0.25) is 0 Å². The van der Waals surface area contributed by atoms with E-state index < -0.39 is 18.0 Å². The van der Waals surface area contributed by atoms with Crippen molar-refractivity contribution in [1.82, 2.24) is 0 Å². The van der Waals surface area contributed by atoms with Crippen molar-refractivity contribution < 1.29 is 18.9 Å². The lowest BCUT2D eigenvalue weighted by Gasteiger charge is -2.18. The lowest BCUT2D eigenvalue weighted by molar-refractivity contribution is -0.0718. The lowest BCUT2D eigenvalue weighted by Crippen LogP contribution is -2.30. The molecular weight excluding hydrogens is 344 g/mol. The Kier molecular flexibility index (Phi) is 3.74. The Hall–Kier alpha value is -2.77. The van der Waals surface area contributed by atoms with Crippen LogP contribution in [0.2, 0.25) is 5.02 Å². The van der Waals surface area contributed by atoms with Crippen molar-refractivity contribution in [2.75, 3.05) is 6.79 Å². The molecule has 0 saturated carbocycles. The van der Waals surface area contributed by atoms with Crippen LogP contribution in [0.4, 0.5) is 0 Å². The molecule has 0 N–H and O–H groups in total. The molecule has 2 aromatic rings. The van der Waals surface area contributed by atoms with Crippen LogP contribution >= 0.6 is 11.6 Å². The molecule has 2 atom stereocenters. The first-order chi connectivity index (χ1) is 12.1. The van der Waals surface area contributed by atoms with Gasteiger partial charge in [0, 0.05) is 10.6 Å². The van der Waals surface area contributed by atoms with Crippen molar-refractivity contribution in [3.8, 4) is 23.6 Å². The van der Waals surface area contributed by atoms with E-state index in [-0.39, 0.29) is 6.79 Å². The molecule has 0 unspecified atom stereocenters. The van der Waals surface area contributed by atoms with E-state index in [1.807, 2.05) is 12.1 Å². The summed E-state index contributed by atoms with van der Waals surface area (Å²) in [7, 11) is 0. The minimum Gasteiger partial charge on any atom is -0.454 e. The highest BCUT2D eigenvalue weighted by atomic mass is 35.5. The zero-order valence-electron chi connectivity index (χ0n) is 12.8. The van der Waals surface area contributed by atoms with Crippen LogP contribution < -0.4 is 9.47 Å². The molecule has 0 radical (unpaired) electrons. The summed E-state index contributed by atoms with van der Waals surface area (Å²) in [4.78, 5) is 0. The summed E-state index contributed by atoms with van der Waals surface area (Å²) in [6, 6.07) is 15.9. The third-order valence-electron chi connectivity index (χ3n) is 4.10. The van der Waals surface area contributed by atoms with Crippen molar-refractivity contribution in [3.05, 3.63) is 58.6 Å². The molecule has 2 aliphatic rings. The van der Waals surface area contributed by atoms with Gasteiger partial charge in [-0.2, -0.15) is 10.5 Å². The Morgan fingerprint density at radius 1 is 0.960 bits per heavy atom. The van der Waals surface area contributed by atoms with Gasteiger partial charge in [-0.15, -0.1) is 0 Å². The van der Waals surface area contributed by atoms with E-state index in [2.05, 4.69) is 0 Å². The molecule has 0 aliphatic carbocycles. The van der Waals surface area contributed by atoms with Crippen LogP contribution in [-0.2, 0) is 9.47 Å². The van der Waals surface area contributed by atoms with Crippen LogP contribution in [0.15, 0.2) is 42.5 Å². The Morgan fingerprint density at radius 2 is 1.64 bits per heavy atom. The molecule has 25 heavy (non-hydrogen) atoms. The third kappa shape index (κ3) is 2.57. The van der Waals surface area contributed by atoms with Crippen molar-refractivity contribution in [1.29, 1.82) is 10.5 Å². The zero-order chi connectivity index (χ0) is 17.4. The number of hydrogen-bond donors (Lipinski definition) is 0. The highest BCUT2D eigenvalue weighted by Crippen LogP contribution is 2.48. The molecule has 6 nitrogen and oxygen atoms in total. The average Bonchev–Trinajstić information content (AvgIpc) is 3.26. The quantitative estimate of drug-likeness (QED) is 0.818. The molecule has 7 heteroatoms. The summed E-state index contributed by atoms with van der Waals surface area (Å²) in [5, 5.41) is 19.8. The second kappa shape index (κ2) is 5.94. The molecule has 0 aromatic heterocycles. The van der Waals surface area contributed by atoms with Gasteiger partial charge in [-0.1, -0.05) is 29.8 Å². The third-order valence-corrected chi connectivity index (χ3v) is 4.35. The number of halogens is 1. The van der Waals surface area contributed by atoms with Crippen molar-refractivity contribution in [2.24, 2.45) is 0 Å². The Labute approximate surface area is 148 Å². The smallest absolute Gasteiger partial charge is 0.274 e. The van der Waals surface area contributed by atoms with Crippen LogP contribution in [-0.4, -0.2) is 12.4 Å². The van der Waals surface area contributed by atoms with Crippen molar-refractivity contribution in [2.45, 2.75) is 18.0 Å². The van der Waals surface area contributed by atoms with Crippen LogP contribution in [0.5, 0.6) is 11.5 Å². The second-order valence-electron chi connectivity index (χ2n) is 5.59. The summed E-state index contributed by atoms with van der Waals surface area (Å²) in [6.45, 7) is 0.135. The normalized spacial score (nSPS) is 23.0. The fourth-order valence-corrected chi connectivity index (χ4v) is 2.95. The van der Waals surface area contributed by atoms with Gasteiger partial charge in [-0.25, -0.2) is 0 Å². The first-order valence-corrected chi connectivity index (χ1v) is 7.84. The second-order valence-corrected chi connectivity index (χ2v) is 6.03. The molecule has 2 aliphatic heterocycles. The van der Waals surface area contributed by atoms with E-state index in [1.54, 1.807) is 42.5 Å². The van der Waals surface area contributed by atoms with Crippen LogP contribution in [0.1, 0.15) is 23.5 Å². The van der Waals surface area contributed by atoms with Gasteiger partial charge in [0.05, 0.1) is 0 Å². The van der Waals surface area contributed by atoms with E-state index >= 15 is 0 Å². The van der Waals surface area contributed by atoms with Crippen LogP contribution in [0, 0.1) is 22.7 Å². The van der Waals surface area contributed by atoms with Gasteiger partial charge in [0.1, 0.15) is 18.2 Å². The number of fused-ring (bicyclic) bond motifs is 1. The van der Waals surface area contributed by atoms with Crippen molar-refractivity contribution in [3.63, 3.8) is 0 Å². The van der Waals surface area contributed by atoms with Gasteiger partial charge >= 0.3 is 0 Å². The van der Waals surface area contributed by atoms with E-state index in [4.69, 9.17) is 30.5 Å². The molecule has 1 saturated heterocycles. The topological polar surface area (TPSA) is 84.5 Å². The van der Waals surface area contributed by atoms with Crippen molar-refractivity contribution >= 4 is 11.6 Å². The number of nitriles is 2. The predicted octanol–water partition coefficient (Wildman–Crippen LogP) is 3.64. The van der Waals surface area contributed by atoms with Crippen LogP contribution in [0.3, 0.4) is 0 Å². The van der Waals surface area contributed by atoms with Gasteiger partial charge in [-0.05, 0) is 29.8 Å². The van der Waals surface area contributed by atoms with Gasteiger partial charge < -0.3 is 18.9 Å². The summed E-state index contributed by atoms with van der Waals surface area (Å²) in [6.07, 6.45) is -1.75. The minimum absolute atomic E-state index is 0.135. The van der Waals surface area contributed by atoms with E-state index in [0.717, 1.165) is 0 Å². The summed E-state index contributed by atoms with van der Waals surface area (Å²) < 4.78 is 22.3. The van der Waals surface area contributed by atoms with Gasteiger partial charge in [0.15, 0.2) is 17.8 Å². The molecule has 1 fully saturated rings. The summed E-state index contributed by atoms with van der Waals surface area (Å²) in [5.41, 5.74) is -0.496. The Balaban J connectivity index is 1.71. The van der Waals surface area contributed by atoms with E-state index in [0.29, 0.717) is 27.6 Å². The molecule has 4 rings (SSSR count). The highest BCUT2D eigenvalue weighted by Gasteiger charge is 2.53. The SMILES string of the molecule is N#CC1(C#N)O[C@H](c2ccc(Cl)cc2)O[C@@H]1c1ccc2c(c1)OCO2. The fourth-order valence-electron chi connectivity index (χ4n) is 2.83. The molecule has 124 valence electrons. The predicted molar refractivity (Wildman–Crippen MR) is 85.6 cm³/mol. The summed E-state index contributed by atoms with van der Waals surface area (Å²) >= 11 is 5.90. The first-order valence-electron chi connectivity index (χ1n) is 7.46. The standard InChI is InChI=1S/C18H11ClN2O4/c19-13-4-1-11(2-5-13)17-24-16(18(8-20,9-21)25-17)12-3-6-14-15(7-12)23-10-22-14/h1-7,16-17H,10H2/t16-,17-/m1/s1. The lowest BCUT2D eigenvalue weighted by atomic mass is 9.93. The molecule has 0 spiro atoms. The molecule has 0 amide bonds. The fraction of sp³-hybridized carbons (Fsp3) is 0.222. The molecular formula is C18H11ClN2O4. The maximum absolute atomic E-state index is 9.60. The van der Waals surface area contributed by atoms with Gasteiger partial charge in [0.2, 0.25) is 6.79 Å². The monoisotopic (exact) mass is 354 g/mol. The summed E-state index contributed by atoms with van der Waals surface area (Å²) in [5.74, 6) is 1.15. The van der Waals surface area contributed by atoms with Gasteiger partial charge in [0.25, 0.3) is 5.60 Å². The number of ether oxygens (including phenoxy) is 4. The number of rotatable bonds is 2. The Morgan fingerprint density at radius 3 is 2.36 bits per heavy atom. The number of benzene rings is 2. The number of hydrogen-bond acceptors (Lipinski definition) is 6. The minimum atomic E-state index is -1.77. The number of nitrogens with zero attached hydrogens (tertiary/aromatic N) is 2. The largest absolute Gasteiger partial charge is 0.454 e. The maximum Gasteiger partial charge on any atom is 0.274 e. The highest BCUT2D eigenvalue weighted by molar-refractivity contribution is 6.30. The zero-order valence-corrected chi connectivity index (χ0v) is 13.6. The first kappa shape index (κ1) is 15.7. The average molecular weight is 355 g/mol. The maximum atomic E-state index is 9.60.